The van der Waals surface area contributed by atoms with Crippen LogP contribution in [0.2, 0.25) is 0 Å². The molecule has 1 aliphatic carbocycles. The Bertz CT molecular complexity index is 1490. The van der Waals surface area contributed by atoms with Gasteiger partial charge in [0.2, 0.25) is 26.9 Å². The van der Waals surface area contributed by atoms with Crippen LogP contribution in [0.15, 0.2) is 16.3 Å². The van der Waals surface area contributed by atoms with Crippen molar-refractivity contribution in [3.8, 4) is 0 Å². The zero-order valence-electron chi connectivity index (χ0n) is 21.9. The molecule has 0 atom stereocenters. The average molecular weight is 894 g/mol. The lowest BCUT2D eigenvalue weighted by Crippen LogP contribution is -2.49. The second-order valence-electron chi connectivity index (χ2n) is 9.94. The topological polar surface area (TPSA) is 190 Å². The summed E-state index contributed by atoms with van der Waals surface area (Å²) in [6.45, 7) is 1.06. The fourth-order valence-electron chi connectivity index (χ4n) is 4.75. The molecule has 2 amide bonds. The first-order valence-electron chi connectivity index (χ1n) is 12.8. The summed E-state index contributed by atoms with van der Waals surface area (Å²) in [6.07, 6.45) is 9.41. The van der Waals surface area contributed by atoms with E-state index in [9.17, 15) is 14.7 Å². The van der Waals surface area contributed by atoms with Crippen LogP contribution in [0.3, 0.4) is 0 Å². The van der Waals surface area contributed by atoms with Crippen molar-refractivity contribution in [1.29, 1.82) is 0 Å². The highest BCUT2D eigenvalue weighted by molar-refractivity contribution is 14.1. The largest absolute Gasteiger partial charge is 0.395 e. The SMILES string of the molecule is Brc1nn2c(I)cnc2s1.NC(=O)C1(CO)CCCCC1.NC(=O)C1(CO)CCN(c2nn3c(I)cnc3s2)CC1. The molecule has 1 saturated carbocycles. The predicted molar refractivity (Wildman–Crippen MR) is 177 cm³/mol. The van der Waals surface area contributed by atoms with Crippen LogP contribution in [0.5, 0.6) is 0 Å². The summed E-state index contributed by atoms with van der Waals surface area (Å²) in [4.78, 5) is 34.8. The van der Waals surface area contributed by atoms with E-state index in [0.29, 0.717) is 25.9 Å². The highest BCUT2D eigenvalue weighted by Gasteiger charge is 2.40. The summed E-state index contributed by atoms with van der Waals surface area (Å²) in [5, 5.41) is 28.0. The molecule has 6 rings (SSSR count). The molecule has 5 heterocycles. The maximum absolute atomic E-state index is 11.5. The van der Waals surface area contributed by atoms with Crippen molar-refractivity contribution >= 4 is 111 Å². The van der Waals surface area contributed by atoms with Crippen molar-refractivity contribution in [2.75, 3.05) is 31.2 Å². The smallest absolute Gasteiger partial charge is 0.226 e. The number of hydrogen-bond acceptors (Lipinski definition) is 11. The molecule has 4 aromatic heterocycles. The van der Waals surface area contributed by atoms with Crippen molar-refractivity contribution in [3.63, 3.8) is 0 Å². The van der Waals surface area contributed by atoms with Crippen LogP contribution in [-0.4, -0.2) is 77.5 Å². The number of nitrogens with two attached hydrogens (primary N) is 2. The van der Waals surface area contributed by atoms with E-state index in [1.807, 2.05) is 4.52 Å². The molecule has 13 nitrogen and oxygen atoms in total. The summed E-state index contributed by atoms with van der Waals surface area (Å²) in [5.74, 6) is -0.747. The molecule has 18 heteroatoms. The number of piperidine rings is 1. The van der Waals surface area contributed by atoms with Crippen LogP contribution < -0.4 is 16.4 Å². The summed E-state index contributed by atoms with van der Waals surface area (Å²) in [7, 11) is 0. The first-order valence-corrected chi connectivity index (χ1v) is 17.3. The van der Waals surface area contributed by atoms with Gasteiger partial charge in [-0.05, 0) is 86.8 Å². The van der Waals surface area contributed by atoms with Crippen molar-refractivity contribution in [1.82, 2.24) is 29.2 Å². The monoisotopic (exact) mass is 893 g/mol. The quantitative estimate of drug-likeness (QED) is 0.219. The molecule has 2 fully saturated rings. The summed E-state index contributed by atoms with van der Waals surface area (Å²) >= 11 is 10.7. The number of hydrogen-bond donors (Lipinski definition) is 4. The lowest BCUT2D eigenvalue weighted by Gasteiger charge is -2.38. The molecule has 41 heavy (non-hydrogen) atoms. The number of aliphatic hydroxyl groups is 2. The molecular weight excluding hydrogens is 864 g/mol. The molecule has 0 aromatic carbocycles. The van der Waals surface area contributed by atoms with Gasteiger partial charge in [-0.3, -0.25) is 9.59 Å². The van der Waals surface area contributed by atoms with Crippen LogP contribution in [0.4, 0.5) is 5.13 Å². The highest BCUT2D eigenvalue weighted by Crippen LogP contribution is 2.36. The molecule has 0 unspecified atom stereocenters. The zero-order valence-corrected chi connectivity index (χ0v) is 29.4. The molecule has 4 aromatic rings. The normalized spacial score (nSPS) is 17.9. The molecule has 0 spiro atoms. The molecule has 0 bridgehead atoms. The van der Waals surface area contributed by atoms with Gasteiger partial charge in [0.05, 0.1) is 36.4 Å². The Balaban J connectivity index is 0.000000156. The number of carbonyl (C=O) groups is 2. The number of imidazole rings is 2. The van der Waals surface area contributed by atoms with Gasteiger partial charge in [-0.1, -0.05) is 41.9 Å². The van der Waals surface area contributed by atoms with Crippen LogP contribution in [0.25, 0.3) is 9.92 Å². The number of rotatable bonds is 5. The molecular formula is C23H30BrI2N9O4S2. The van der Waals surface area contributed by atoms with E-state index in [1.165, 1.54) is 22.7 Å². The molecule has 224 valence electrons. The second kappa shape index (κ2) is 14.1. The van der Waals surface area contributed by atoms with E-state index < -0.39 is 16.7 Å². The molecule has 6 N–H and O–H groups in total. The van der Waals surface area contributed by atoms with Gasteiger partial charge < -0.3 is 26.6 Å². The number of primary amides is 2. The number of halogens is 3. The summed E-state index contributed by atoms with van der Waals surface area (Å²) < 4.78 is 6.49. The Morgan fingerprint density at radius 2 is 1.34 bits per heavy atom. The number of carbonyl (C=O) groups excluding carboxylic acids is 2. The number of fused-ring (bicyclic) bond motifs is 2. The fraction of sp³-hybridized carbons (Fsp3) is 0.565. The Morgan fingerprint density at radius 1 is 0.854 bits per heavy atom. The Hall–Kier alpha value is -1.20. The molecule has 1 saturated heterocycles. The Morgan fingerprint density at radius 3 is 1.78 bits per heavy atom. The van der Waals surface area contributed by atoms with Gasteiger partial charge >= 0.3 is 0 Å². The minimum atomic E-state index is -0.775. The third-order valence-corrected chi connectivity index (χ3v) is 11.3. The molecule has 1 aliphatic heterocycles. The van der Waals surface area contributed by atoms with Crippen LogP contribution in [0.1, 0.15) is 44.9 Å². The number of aliphatic hydroxyl groups excluding tert-OH is 2. The Kier molecular flexibility index (Phi) is 11.2. The number of nitrogens with zero attached hydrogens (tertiary/aromatic N) is 7. The third kappa shape index (κ3) is 7.31. The third-order valence-electron chi connectivity index (χ3n) is 7.50. The number of aromatic nitrogens is 6. The van der Waals surface area contributed by atoms with Crippen LogP contribution in [-0.2, 0) is 9.59 Å². The maximum Gasteiger partial charge on any atom is 0.226 e. The van der Waals surface area contributed by atoms with Crippen LogP contribution >= 0.6 is 83.8 Å². The lowest BCUT2D eigenvalue weighted by molar-refractivity contribution is -0.132. The first-order chi connectivity index (χ1) is 19.5. The van der Waals surface area contributed by atoms with Crippen molar-refractivity contribution in [2.24, 2.45) is 22.3 Å². The molecule has 2 aliphatic rings. The second-order valence-corrected chi connectivity index (χ2v) is 15.3. The van der Waals surface area contributed by atoms with Gasteiger partial charge in [0.25, 0.3) is 0 Å². The Labute approximate surface area is 279 Å². The first kappa shape index (κ1) is 32.7. The van der Waals surface area contributed by atoms with Gasteiger partial charge in [-0.2, -0.15) is 9.03 Å². The zero-order chi connectivity index (χ0) is 29.8. The van der Waals surface area contributed by atoms with E-state index in [4.69, 9.17) is 16.6 Å². The number of amides is 2. The molecule has 0 radical (unpaired) electrons. The number of anilines is 1. The van der Waals surface area contributed by atoms with E-state index in [2.05, 4.69) is 86.2 Å². The van der Waals surface area contributed by atoms with Crippen molar-refractivity contribution in [2.45, 2.75) is 44.9 Å². The van der Waals surface area contributed by atoms with Gasteiger partial charge in [-0.25, -0.2) is 9.97 Å². The maximum atomic E-state index is 11.5. The van der Waals surface area contributed by atoms with E-state index >= 15 is 0 Å². The van der Waals surface area contributed by atoms with Gasteiger partial charge in [-0.15, -0.1) is 10.2 Å². The van der Waals surface area contributed by atoms with Gasteiger partial charge in [0, 0.05) is 13.1 Å². The summed E-state index contributed by atoms with van der Waals surface area (Å²) in [6, 6.07) is 0. The van der Waals surface area contributed by atoms with E-state index in [-0.39, 0.29) is 19.1 Å². The highest BCUT2D eigenvalue weighted by atomic mass is 127. The minimum Gasteiger partial charge on any atom is -0.395 e. The van der Waals surface area contributed by atoms with Crippen molar-refractivity contribution < 1.29 is 19.8 Å². The van der Waals surface area contributed by atoms with E-state index in [0.717, 1.165) is 58.5 Å². The fourth-order valence-corrected chi connectivity index (χ4v) is 8.15. The minimum absolute atomic E-state index is 0.0810. The summed E-state index contributed by atoms with van der Waals surface area (Å²) in [5.41, 5.74) is 9.27. The lowest BCUT2D eigenvalue weighted by atomic mass is 9.74. The van der Waals surface area contributed by atoms with Crippen molar-refractivity contribution in [3.05, 3.63) is 23.7 Å². The van der Waals surface area contributed by atoms with E-state index in [1.54, 1.807) is 16.9 Å². The van der Waals surface area contributed by atoms with Crippen LogP contribution in [0, 0.1) is 18.2 Å². The average Bonchev–Trinajstić information content (AvgIpc) is 3.74. The van der Waals surface area contributed by atoms with Gasteiger partial charge in [0.15, 0.2) is 3.92 Å². The predicted octanol–water partition coefficient (Wildman–Crippen LogP) is 3.03. The standard InChI is InChI=1S/C11H14IN5O2S.C8H15NO2.C4HBrIN3S/c12-7-5-14-9-17(7)15-10(20-9)16-3-1-11(6-18,2-4-16)8(13)19;9-7(11)8(6-10)4-2-1-3-5-8;5-3-8-9-2(6)1-7-4(9)10-3/h5,18H,1-4,6H2,(H2,13,19);10H,1-6H2,(H2,9,11);1H. The van der Waals surface area contributed by atoms with Gasteiger partial charge in [0.1, 0.15) is 7.40 Å².